The summed E-state index contributed by atoms with van der Waals surface area (Å²) >= 11 is 0. The van der Waals surface area contributed by atoms with Crippen LogP contribution in [-0.2, 0) is 0 Å². The van der Waals surface area contributed by atoms with Crippen LogP contribution in [0.15, 0.2) is 36.7 Å². The van der Waals surface area contributed by atoms with Crippen molar-refractivity contribution in [2.75, 3.05) is 19.5 Å². The van der Waals surface area contributed by atoms with Crippen LogP contribution in [0.25, 0.3) is 16.8 Å². The quantitative estimate of drug-likeness (QED) is 0.721. The molecule has 27 heavy (non-hydrogen) atoms. The summed E-state index contributed by atoms with van der Waals surface area (Å²) in [6.45, 7) is 0. The molecule has 142 valence electrons. The molecule has 0 bridgehead atoms. The van der Waals surface area contributed by atoms with Crippen LogP contribution in [0.2, 0.25) is 0 Å². The second-order valence-corrected chi connectivity index (χ2v) is 6.97. The summed E-state index contributed by atoms with van der Waals surface area (Å²) in [7, 11) is 3.26. The molecule has 1 aliphatic rings. The first-order chi connectivity index (χ1) is 13.2. The number of aromatic nitrogens is 3. The zero-order valence-electron chi connectivity index (χ0n) is 15.7. The van der Waals surface area contributed by atoms with E-state index in [0.29, 0.717) is 23.6 Å². The Morgan fingerprint density at radius 3 is 2.59 bits per heavy atom. The van der Waals surface area contributed by atoms with Gasteiger partial charge in [-0.15, -0.1) is 0 Å². The molecule has 1 aliphatic carbocycles. The number of rotatable bonds is 5. The smallest absolute Gasteiger partial charge is 0.165 e. The first kappa shape index (κ1) is 17.6. The lowest BCUT2D eigenvalue weighted by atomic mass is 9.92. The van der Waals surface area contributed by atoms with Crippen LogP contribution in [0.1, 0.15) is 25.7 Å². The predicted molar refractivity (Wildman–Crippen MR) is 105 cm³/mol. The zero-order chi connectivity index (χ0) is 18.8. The number of nitrogens with zero attached hydrogens (tertiary/aromatic N) is 3. The van der Waals surface area contributed by atoms with E-state index in [4.69, 9.17) is 20.2 Å². The Balaban J connectivity index is 1.64. The molecule has 2 aromatic heterocycles. The Morgan fingerprint density at radius 1 is 1.07 bits per heavy atom. The molecule has 1 aromatic carbocycles. The van der Waals surface area contributed by atoms with Crippen molar-refractivity contribution in [1.82, 2.24) is 14.6 Å². The van der Waals surface area contributed by atoms with Gasteiger partial charge in [-0.2, -0.15) is 5.10 Å². The summed E-state index contributed by atoms with van der Waals surface area (Å²) in [4.78, 5) is 4.81. The van der Waals surface area contributed by atoms with Crippen molar-refractivity contribution in [2.24, 2.45) is 5.73 Å². The van der Waals surface area contributed by atoms with Gasteiger partial charge in [-0.25, -0.2) is 9.50 Å². The van der Waals surface area contributed by atoms with Crippen LogP contribution in [-0.4, -0.2) is 40.9 Å². The molecule has 3 N–H and O–H groups in total. The van der Waals surface area contributed by atoms with Crippen molar-refractivity contribution in [1.29, 1.82) is 0 Å². The standard InChI is InChI=1S/C20H25N5O2/c1-26-17-8-3-13(11-18(17)27-2)16-12-22-25-10-9-19(24-20(16)25)23-15-6-4-14(21)5-7-15/h3,8-12,14-15H,4-7,21H2,1-2H3,(H,23,24). The highest BCUT2D eigenvalue weighted by molar-refractivity contribution is 5.79. The summed E-state index contributed by atoms with van der Waals surface area (Å²) in [5.41, 5.74) is 8.74. The number of ether oxygens (including phenoxy) is 2. The van der Waals surface area contributed by atoms with Gasteiger partial charge in [0.05, 0.1) is 20.4 Å². The van der Waals surface area contributed by atoms with E-state index in [1.54, 1.807) is 18.7 Å². The normalized spacial score (nSPS) is 19.8. The largest absolute Gasteiger partial charge is 0.493 e. The summed E-state index contributed by atoms with van der Waals surface area (Å²) < 4.78 is 12.5. The van der Waals surface area contributed by atoms with Gasteiger partial charge in [-0.1, -0.05) is 6.07 Å². The van der Waals surface area contributed by atoms with Crippen molar-refractivity contribution >= 4 is 11.5 Å². The van der Waals surface area contributed by atoms with Crippen molar-refractivity contribution < 1.29 is 9.47 Å². The Hall–Kier alpha value is -2.80. The molecule has 0 atom stereocenters. The molecule has 0 amide bonds. The minimum absolute atomic E-state index is 0.338. The number of hydrogen-bond acceptors (Lipinski definition) is 6. The van der Waals surface area contributed by atoms with Gasteiger partial charge in [0, 0.05) is 23.8 Å². The number of nitrogens with two attached hydrogens (primary N) is 1. The minimum Gasteiger partial charge on any atom is -0.493 e. The molecule has 2 heterocycles. The van der Waals surface area contributed by atoms with E-state index in [-0.39, 0.29) is 0 Å². The molecule has 0 spiro atoms. The van der Waals surface area contributed by atoms with E-state index < -0.39 is 0 Å². The van der Waals surface area contributed by atoms with Gasteiger partial charge < -0.3 is 20.5 Å². The molecular formula is C20H25N5O2. The maximum Gasteiger partial charge on any atom is 0.165 e. The van der Waals surface area contributed by atoms with Crippen molar-refractivity contribution in [3.63, 3.8) is 0 Å². The van der Waals surface area contributed by atoms with Crippen LogP contribution >= 0.6 is 0 Å². The Kier molecular flexibility index (Phi) is 4.85. The average molecular weight is 367 g/mol. The fraction of sp³-hybridized carbons (Fsp3) is 0.400. The van der Waals surface area contributed by atoms with Crippen molar-refractivity contribution in [2.45, 2.75) is 37.8 Å². The van der Waals surface area contributed by atoms with Gasteiger partial charge >= 0.3 is 0 Å². The third-order valence-electron chi connectivity index (χ3n) is 5.19. The van der Waals surface area contributed by atoms with Gasteiger partial charge in [0.15, 0.2) is 17.1 Å². The molecule has 3 aromatic rings. The van der Waals surface area contributed by atoms with E-state index in [2.05, 4.69) is 10.4 Å². The minimum atomic E-state index is 0.338. The first-order valence-corrected chi connectivity index (χ1v) is 9.27. The molecule has 0 unspecified atom stereocenters. The monoisotopic (exact) mass is 367 g/mol. The van der Waals surface area contributed by atoms with E-state index in [9.17, 15) is 0 Å². The highest BCUT2D eigenvalue weighted by atomic mass is 16.5. The number of fused-ring (bicyclic) bond motifs is 1. The number of benzene rings is 1. The summed E-state index contributed by atoms with van der Waals surface area (Å²) in [5.74, 6) is 2.25. The lowest BCUT2D eigenvalue weighted by molar-refractivity contribution is 0.355. The Labute approximate surface area is 158 Å². The summed E-state index contributed by atoms with van der Waals surface area (Å²) in [5, 5.41) is 7.98. The molecular weight excluding hydrogens is 342 g/mol. The van der Waals surface area contributed by atoms with Crippen LogP contribution < -0.4 is 20.5 Å². The fourth-order valence-corrected chi connectivity index (χ4v) is 3.63. The van der Waals surface area contributed by atoms with E-state index in [0.717, 1.165) is 48.3 Å². The van der Waals surface area contributed by atoms with Crippen LogP contribution in [0.5, 0.6) is 11.5 Å². The third-order valence-corrected chi connectivity index (χ3v) is 5.19. The SMILES string of the molecule is COc1ccc(-c2cnn3ccc(NC4CCC(N)CC4)nc23)cc1OC. The molecule has 1 saturated carbocycles. The van der Waals surface area contributed by atoms with E-state index >= 15 is 0 Å². The van der Waals surface area contributed by atoms with Crippen LogP contribution in [0, 0.1) is 0 Å². The maximum atomic E-state index is 6.01. The molecule has 0 aliphatic heterocycles. The molecule has 7 heteroatoms. The predicted octanol–water partition coefficient (Wildman–Crippen LogP) is 3.10. The van der Waals surface area contributed by atoms with Gasteiger partial charge in [0.25, 0.3) is 0 Å². The van der Waals surface area contributed by atoms with Crippen molar-refractivity contribution in [3.05, 3.63) is 36.7 Å². The maximum absolute atomic E-state index is 6.01. The second kappa shape index (κ2) is 7.44. The fourth-order valence-electron chi connectivity index (χ4n) is 3.63. The zero-order valence-corrected chi connectivity index (χ0v) is 15.7. The van der Waals surface area contributed by atoms with Crippen molar-refractivity contribution in [3.8, 4) is 22.6 Å². The highest BCUT2D eigenvalue weighted by Gasteiger charge is 2.19. The summed E-state index contributed by atoms with van der Waals surface area (Å²) in [6, 6.07) is 8.55. The average Bonchev–Trinajstić information content (AvgIpc) is 3.12. The van der Waals surface area contributed by atoms with Gasteiger partial charge in [0.1, 0.15) is 5.82 Å². The number of methoxy groups -OCH3 is 2. The number of nitrogens with one attached hydrogen (secondary N) is 1. The lowest BCUT2D eigenvalue weighted by Crippen LogP contribution is -2.33. The third kappa shape index (κ3) is 3.55. The Morgan fingerprint density at radius 2 is 1.85 bits per heavy atom. The topological polar surface area (TPSA) is 86.7 Å². The molecule has 1 fully saturated rings. The Bertz CT molecular complexity index is 931. The summed E-state index contributed by atoms with van der Waals surface area (Å²) in [6.07, 6.45) is 8.04. The van der Waals surface area contributed by atoms with Gasteiger partial charge in [-0.05, 0) is 49.4 Å². The molecule has 0 radical (unpaired) electrons. The molecule has 7 nitrogen and oxygen atoms in total. The van der Waals surface area contributed by atoms with E-state index in [1.165, 1.54) is 0 Å². The first-order valence-electron chi connectivity index (χ1n) is 9.27. The second-order valence-electron chi connectivity index (χ2n) is 6.97. The van der Waals surface area contributed by atoms with Crippen LogP contribution in [0.3, 0.4) is 0 Å². The molecule has 0 saturated heterocycles. The number of anilines is 1. The van der Waals surface area contributed by atoms with Gasteiger partial charge in [0.2, 0.25) is 0 Å². The molecule has 4 rings (SSSR count). The number of hydrogen-bond donors (Lipinski definition) is 2. The van der Waals surface area contributed by atoms with Gasteiger partial charge in [-0.3, -0.25) is 0 Å². The lowest BCUT2D eigenvalue weighted by Gasteiger charge is -2.27. The van der Waals surface area contributed by atoms with E-state index in [1.807, 2.05) is 36.7 Å². The highest BCUT2D eigenvalue weighted by Crippen LogP contribution is 2.33. The van der Waals surface area contributed by atoms with Crippen LogP contribution in [0.4, 0.5) is 5.82 Å².